The molecule has 0 spiro atoms. The largest absolute Gasteiger partial charge is 0.416 e. The Labute approximate surface area is 190 Å². The predicted octanol–water partition coefficient (Wildman–Crippen LogP) is 6.77. The summed E-state index contributed by atoms with van der Waals surface area (Å²) in [6.45, 7) is 0. The Hall–Kier alpha value is -3.17. The lowest BCUT2D eigenvalue weighted by atomic mass is 10.0. The van der Waals surface area contributed by atoms with E-state index in [0.717, 1.165) is 23.3 Å². The summed E-state index contributed by atoms with van der Waals surface area (Å²) < 4.78 is 39.1. The van der Waals surface area contributed by atoms with E-state index in [1.54, 1.807) is 18.2 Å². The Bertz CT molecular complexity index is 1210. The number of halogens is 3. The third-order valence-electron chi connectivity index (χ3n) is 4.50. The predicted molar refractivity (Wildman–Crippen MR) is 121 cm³/mol. The Morgan fingerprint density at radius 3 is 2.34 bits per heavy atom. The number of thioether (sulfide) groups is 1. The van der Waals surface area contributed by atoms with Crippen molar-refractivity contribution < 1.29 is 18.0 Å². The molecule has 9 heteroatoms. The molecule has 4 rings (SSSR count). The fraction of sp³-hybridized carbons (Fsp3) is 0.0870. The van der Waals surface area contributed by atoms with E-state index in [-0.39, 0.29) is 5.91 Å². The van der Waals surface area contributed by atoms with Crippen molar-refractivity contribution in [3.63, 3.8) is 0 Å². The van der Waals surface area contributed by atoms with Gasteiger partial charge in [-0.3, -0.25) is 10.1 Å². The second-order valence-corrected chi connectivity index (χ2v) is 8.96. The van der Waals surface area contributed by atoms with E-state index >= 15 is 0 Å². The van der Waals surface area contributed by atoms with E-state index in [0.29, 0.717) is 26.4 Å². The van der Waals surface area contributed by atoms with Crippen LogP contribution in [-0.2, 0) is 11.9 Å². The molecule has 1 amide bonds. The van der Waals surface area contributed by atoms with Gasteiger partial charge in [-0.2, -0.15) is 13.2 Å². The van der Waals surface area contributed by atoms with Crippen LogP contribution in [0, 0.1) is 0 Å². The van der Waals surface area contributed by atoms with Crippen molar-refractivity contribution >= 4 is 34.1 Å². The normalized spacial score (nSPS) is 11.3. The second kappa shape index (κ2) is 9.54. The number of carbonyl (C=O) groups excluding carboxylic acids is 1. The number of nitrogens with zero attached hydrogens (tertiary/aromatic N) is 2. The lowest BCUT2D eigenvalue weighted by molar-refractivity contribution is -0.137. The molecule has 1 N–H and O–H groups in total. The summed E-state index contributed by atoms with van der Waals surface area (Å²) in [5.41, 5.74) is 2.40. The average molecular weight is 472 g/mol. The van der Waals surface area contributed by atoms with E-state index in [2.05, 4.69) is 15.5 Å². The van der Waals surface area contributed by atoms with Gasteiger partial charge in [0.1, 0.15) is 0 Å². The van der Waals surface area contributed by atoms with Gasteiger partial charge in [0.05, 0.1) is 5.56 Å². The monoisotopic (exact) mass is 471 g/mol. The highest BCUT2D eigenvalue weighted by atomic mass is 32.2. The van der Waals surface area contributed by atoms with E-state index in [1.165, 1.54) is 29.2 Å². The standard InChI is InChI=1S/C23H16F3N3OS2/c24-23(25,26)19-8-4-5-15(13-19)14-31-22-29-28-21(32-22)27-20(30)18-11-9-17(10-12-18)16-6-2-1-3-7-16/h1-13H,14H2,(H,27,28,30). The summed E-state index contributed by atoms with van der Waals surface area (Å²) in [5, 5.41) is 11.0. The lowest BCUT2D eigenvalue weighted by Gasteiger charge is -2.07. The number of anilines is 1. The lowest BCUT2D eigenvalue weighted by Crippen LogP contribution is -2.11. The summed E-state index contributed by atoms with van der Waals surface area (Å²) in [5.74, 6) is 0.00294. The van der Waals surface area contributed by atoms with Crippen LogP contribution in [0.15, 0.2) is 83.2 Å². The average Bonchev–Trinajstić information content (AvgIpc) is 3.25. The molecule has 4 nitrogen and oxygen atoms in total. The molecule has 3 aromatic carbocycles. The van der Waals surface area contributed by atoms with Crippen molar-refractivity contribution in [3.8, 4) is 11.1 Å². The van der Waals surface area contributed by atoms with Crippen molar-refractivity contribution in [3.05, 3.63) is 95.6 Å². The van der Waals surface area contributed by atoms with Crippen LogP contribution >= 0.6 is 23.1 Å². The second-order valence-electron chi connectivity index (χ2n) is 6.76. The SMILES string of the molecule is O=C(Nc1nnc(SCc2cccc(C(F)(F)F)c2)s1)c1ccc(-c2ccccc2)cc1. The highest BCUT2D eigenvalue weighted by molar-refractivity contribution is 8.00. The van der Waals surface area contributed by atoms with Gasteiger partial charge in [0, 0.05) is 11.3 Å². The van der Waals surface area contributed by atoms with Crippen molar-refractivity contribution in [2.45, 2.75) is 16.3 Å². The van der Waals surface area contributed by atoms with Gasteiger partial charge in [0.25, 0.3) is 5.91 Å². The number of carbonyl (C=O) groups is 1. The molecule has 0 aliphatic rings. The van der Waals surface area contributed by atoms with Crippen LogP contribution in [0.4, 0.5) is 18.3 Å². The molecule has 0 aliphatic heterocycles. The number of hydrogen-bond donors (Lipinski definition) is 1. The Balaban J connectivity index is 1.35. The summed E-state index contributed by atoms with van der Waals surface area (Å²) in [4.78, 5) is 12.5. The molecule has 0 fully saturated rings. The highest BCUT2D eigenvalue weighted by Crippen LogP contribution is 2.32. The van der Waals surface area contributed by atoms with E-state index in [9.17, 15) is 18.0 Å². The first-order chi connectivity index (χ1) is 15.4. The van der Waals surface area contributed by atoms with Gasteiger partial charge in [-0.1, -0.05) is 83.8 Å². The van der Waals surface area contributed by atoms with Gasteiger partial charge in [-0.15, -0.1) is 10.2 Å². The highest BCUT2D eigenvalue weighted by Gasteiger charge is 2.30. The molecule has 0 radical (unpaired) electrons. The molecular weight excluding hydrogens is 455 g/mol. The number of nitrogens with one attached hydrogen (secondary N) is 1. The van der Waals surface area contributed by atoms with Gasteiger partial charge >= 0.3 is 6.18 Å². The van der Waals surface area contributed by atoms with Crippen LogP contribution in [0.25, 0.3) is 11.1 Å². The van der Waals surface area contributed by atoms with Crippen LogP contribution in [0.5, 0.6) is 0 Å². The Morgan fingerprint density at radius 1 is 0.906 bits per heavy atom. The minimum absolute atomic E-state index is 0.310. The molecule has 1 heterocycles. The van der Waals surface area contributed by atoms with Gasteiger partial charge in [-0.05, 0) is 34.9 Å². The molecule has 0 saturated heterocycles. The molecule has 32 heavy (non-hydrogen) atoms. The third kappa shape index (κ3) is 5.54. The summed E-state index contributed by atoms with van der Waals surface area (Å²) in [6, 6.07) is 22.2. The quantitative estimate of drug-likeness (QED) is 0.249. The van der Waals surface area contributed by atoms with Gasteiger partial charge < -0.3 is 0 Å². The summed E-state index contributed by atoms with van der Waals surface area (Å²) in [6.07, 6.45) is -4.37. The van der Waals surface area contributed by atoms with Gasteiger partial charge in [0.15, 0.2) is 4.34 Å². The van der Waals surface area contributed by atoms with Gasteiger partial charge in [0.2, 0.25) is 5.13 Å². The Morgan fingerprint density at radius 2 is 1.62 bits per heavy atom. The van der Waals surface area contributed by atoms with E-state index < -0.39 is 11.7 Å². The molecule has 162 valence electrons. The number of hydrogen-bond acceptors (Lipinski definition) is 5. The molecular formula is C23H16F3N3OS2. The number of amides is 1. The van der Waals surface area contributed by atoms with Crippen LogP contribution in [0.1, 0.15) is 21.5 Å². The first kappa shape index (κ1) is 22.0. The third-order valence-corrected chi connectivity index (χ3v) is 6.54. The molecule has 0 atom stereocenters. The fourth-order valence-electron chi connectivity index (χ4n) is 2.92. The summed E-state index contributed by atoms with van der Waals surface area (Å²) >= 11 is 2.43. The maximum absolute atomic E-state index is 12.8. The zero-order valence-electron chi connectivity index (χ0n) is 16.5. The topological polar surface area (TPSA) is 54.9 Å². The van der Waals surface area contributed by atoms with E-state index in [1.807, 2.05) is 42.5 Å². The number of aromatic nitrogens is 2. The van der Waals surface area contributed by atoms with Crippen molar-refractivity contribution in [2.24, 2.45) is 0 Å². The fourth-order valence-corrected chi connectivity index (χ4v) is 4.61. The van der Waals surface area contributed by atoms with Crippen LogP contribution in [0.2, 0.25) is 0 Å². The Kier molecular flexibility index (Phi) is 6.57. The maximum Gasteiger partial charge on any atom is 0.416 e. The number of alkyl halides is 3. The smallest absolute Gasteiger partial charge is 0.296 e. The molecule has 0 bridgehead atoms. The van der Waals surface area contributed by atoms with E-state index in [4.69, 9.17) is 0 Å². The minimum atomic E-state index is -4.37. The van der Waals surface area contributed by atoms with Gasteiger partial charge in [-0.25, -0.2) is 0 Å². The molecule has 4 aromatic rings. The van der Waals surface area contributed by atoms with Crippen LogP contribution < -0.4 is 5.32 Å². The van der Waals surface area contributed by atoms with Crippen molar-refractivity contribution in [2.75, 3.05) is 5.32 Å². The van der Waals surface area contributed by atoms with Crippen LogP contribution in [-0.4, -0.2) is 16.1 Å². The van der Waals surface area contributed by atoms with Crippen LogP contribution in [0.3, 0.4) is 0 Å². The number of rotatable bonds is 6. The summed E-state index contributed by atoms with van der Waals surface area (Å²) in [7, 11) is 0. The first-order valence-corrected chi connectivity index (χ1v) is 11.3. The first-order valence-electron chi connectivity index (χ1n) is 9.48. The molecule has 0 aliphatic carbocycles. The number of benzene rings is 3. The van der Waals surface area contributed by atoms with Crippen molar-refractivity contribution in [1.29, 1.82) is 0 Å². The molecule has 1 aromatic heterocycles. The minimum Gasteiger partial charge on any atom is -0.296 e. The van der Waals surface area contributed by atoms with Crippen molar-refractivity contribution in [1.82, 2.24) is 10.2 Å². The molecule has 0 unspecified atom stereocenters. The molecule has 0 saturated carbocycles. The zero-order chi connectivity index (χ0) is 22.6. The zero-order valence-corrected chi connectivity index (χ0v) is 18.1. The maximum atomic E-state index is 12.8.